The molecular weight excluding hydrogens is 207 g/mol. The predicted molar refractivity (Wildman–Crippen MR) is 62.3 cm³/mol. The molecule has 0 bridgehead atoms. The van der Waals surface area contributed by atoms with Crippen LogP contribution in [0.25, 0.3) is 0 Å². The Labute approximate surface area is 93.3 Å². The maximum atomic E-state index is 13.3. The van der Waals surface area contributed by atoms with Crippen LogP contribution in [0.1, 0.15) is 5.76 Å². The van der Waals surface area contributed by atoms with Crippen molar-refractivity contribution in [3.8, 4) is 0 Å². The maximum absolute atomic E-state index is 13.3. The molecular formula is C12H13FN2O. The molecule has 0 atom stereocenters. The van der Waals surface area contributed by atoms with Gasteiger partial charge in [0, 0.05) is 18.8 Å². The number of nitrogen functional groups attached to an aromatic ring is 1. The quantitative estimate of drug-likeness (QED) is 0.791. The van der Waals surface area contributed by atoms with Gasteiger partial charge >= 0.3 is 0 Å². The van der Waals surface area contributed by atoms with Crippen LogP contribution in [0, 0.1) is 12.7 Å². The largest absolute Gasteiger partial charge is 0.446 e. The molecule has 0 aliphatic rings. The van der Waals surface area contributed by atoms with E-state index in [9.17, 15) is 4.39 Å². The zero-order valence-corrected chi connectivity index (χ0v) is 9.20. The molecule has 0 spiro atoms. The van der Waals surface area contributed by atoms with Crippen LogP contribution in [0.5, 0.6) is 0 Å². The Hall–Kier alpha value is -1.97. The number of halogens is 1. The smallest absolute Gasteiger partial charge is 0.199 e. The fraction of sp³-hybridized carbons (Fsp3) is 0.167. The lowest BCUT2D eigenvalue weighted by molar-refractivity contribution is 0.537. The van der Waals surface area contributed by atoms with Crippen molar-refractivity contribution in [2.24, 2.45) is 0 Å². The molecule has 0 aliphatic carbocycles. The molecule has 2 rings (SSSR count). The van der Waals surface area contributed by atoms with E-state index in [4.69, 9.17) is 10.2 Å². The van der Waals surface area contributed by atoms with E-state index in [-0.39, 0.29) is 5.69 Å². The fourth-order valence-electron chi connectivity index (χ4n) is 1.45. The molecule has 1 aromatic heterocycles. The molecule has 16 heavy (non-hydrogen) atoms. The molecule has 0 aliphatic heterocycles. The van der Waals surface area contributed by atoms with Gasteiger partial charge in [0.15, 0.2) is 5.88 Å². The number of hydrogen-bond acceptors (Lipinski definition) is 3. The highest BCUT2D eigenvalue weighted by atomic mass is 19.1. The van der Waals surface area contributed by atoms with Gasteiger partial charge in [-0.05, 0) is 31.2 Å². The van der Waals surface area contributed by atoms with Crippen molar-refractivity contribution in [2.75, 3.05) is 17.7 Å². The third kappa shape index (κ3) is 1.86. The molecule has 0 saturated carbocycles. The molecule has 0 radical (unpaired) electrons. The summed E-state index contributed by atoms with van der Waals surface area (Å²) >= 11 is 0. The molecule has 0 fully saturated rings. The molecule has 0 amide bonds. The summed E-state index contributed by atoms with van der Waals surface area (Å²) in [5, 5.41) is 0. The molecule has 3 nitrogen and oxygen atoms in total. The number of benzene rings is 1. The molecule has 4 heteroatoms. The minimum atomic E-state index is -0.423. The summed E-state index contributed by atoms with van der Waals surface area (Å²) in [6, 6.07) is 8.36. The van der Waals surface area contributed by atoms with E-state index in [2.05, 4.69) is 0 Å². The van der Waals surface area contributed by atoms with Crippen molar-refractivity contribution in [1.29, 1.82) is 0 Å². The van der Waals surface area contributed by atoms with Crippen LogP contribution in [-0.2, 0) is 0 Å². The second-order valence-corrected chi connectivity index (χ2v) is 3.65. The molecule has 2 N–H and O–H groups in total. The number of aryl methyl sites for hydroxylation is 1. The van der Waals surface area contributed by atoms with Crippen molar-refractivity contribution >= 4 is 17.3 Å². The van der Waals surface area contributed by atoms with Crippen LogP contribution in [0.2, 0.25) is 0 Å². The summed E-state index contributed by atoms with van der Waals surface area (Å²) in [6.07, 6.45) is 0. The van der Waals surface area contributed by atoms with Crippen molar-refractivity contribution in [3.05, 3.63) is 41.9 Å². The summed E-state index contributed by atoms with van der Waals surface area (Å²) in [4.78, 5) is 1.76. The molecule has 0 unspecified atom stereocenters. The Balaban J connectivity index is 2.33. The predicted octanol–water partition coefficient (Wildman–Crippen LogP) is 3.08. The third-order valence-corrected chi connectivity index (χ3v) is 2.43. The minimum absolute atomic E-state index is 0.146. The van der Waals surface area contributed by atoms with Crippen molar-refractivity contribution in [3.63, 3.8) is 0 Å². The second-order valence-electron chi connectivity index (χ2n) is 3.65. The molecule has 2 aromatic rings. The first-order valence-electron chi connectivity index (χ1n) is 4.93. The highest BCUT2D eigenvalue weighted by Gasteiger charge is 2.09. The summed E-state index contributed by atoms with van der Waals surface area (Å²) in [6.45, 7) is 1.86. The average molecular weight is 220 g/mol. The van der Waals surface area contributed by atoms with Gasteiger partial charge in [0.05, 0.1) is 5.69 Å². The number of anilines is 3. The van der Waals surface area contributed by atoms with Gasteiger partial charge in [-0.2, -0.15) is 0 Å². The normalized spacial score (nSPS) is 10.4. The Morgan fingerprint density at radius 3 is 2.56 bits per heavy atom. The van der Waals surface area contributed by atoms with E-state index < -0.39 is 5.82 Å². The van der Waals surface area contributed by atoms with Gasteiger partial charge in [-0.3, -0.25) is 0 Å². The lowest BCUT2D eigenvalue weighted by Gasteiger charge is -2.16. The second kappa shape index (κ2) is 3.89. The van der Waals surface area contributed by atoms with Crippen molar-refractivity contribution < 1.29 is 8.81 Å². The summed E-state index contributed by atoms with van der Waals surface area (Å²) < 4.78 is 18.7. The monoisotopic (exact) mass is 220 g/mol. The number of nitrogens with two attached hydrogens (primary N) is 1. The third-order valence-electron chi connectivity index (χ3n) is 2.43. The van der Waals surface area contributed by atoms with Crippen LogP contribution in [0.4, 0.5) is 21.6 Å². The van der Waals surface area contributed by atoms with Crippen LogP contribution in [-0.4, -0.2) is 7.05 Å². The van der Waals surface area contributed by atoms with Gasteiger partial charge in [0.2, 0.25) is 0 Å². The Morgan fingerprint density at radius 2 is 2.00 bits per heavy atom. The zero-order valence-electron chi connectivity index (χ0n) is 9.20. The van der Waals surface area contributed by atoms with Crippen LogP contribution < -0.4 is 10.6 Å². The lowest BCUT2D eigenvalue weighted by atomic mass is 10.2. The van der Waals surface area contributed by atoms with Crippen molar-refractivity contribution in [2.45, 2.75) is 6.92 Å². The van der Waals surface area contributed by atoms with Crippen LogP contribution in [0.15, 0.2) is 34.7 Å². The van der Waals surface area contributed by atoms with E-state index in [0.717, 1.165) is 5.76 Å². The molecule has 1 heterocycles. The van der Waals surface area contributed by atoms with E-state index in [1.165, 1.54) is 12.1 Å². The Bertz CT molecular complexity index is 507. The molecule has 84 valence electrons. The lowest BCUT2D eigenvalue weighted by Crippen LogP contribution is -2.09. The fourth-order valence-corrected chi connectivity index (χ4v) is 1.45. The van der Waals surface area contributed by atoms with E-state index >= 15 is 0 Å². The molecule has 1 aromatic carbocycles. The van der Waals surface area contributed by atoms with Gasteiger partial charge in [0.1, 0.15) is 11.6 Å². The Morgan fingerprint density at radius 1 is 1.25 bits per heavy atom. The van der Waals surface area contributed by atoms with Crippen molar-refractivity contribution in [1.82, 2.24) is 0 Å². The standard InChI is InChI=1S/C12H13FN2O/c1-8-3-6-12(16-8)15(2)9-4-5-11(14)10(13)7-9/h3-7H,14H2,1-2H3. The highest BCUT2D eigenvalue weighted by molar-refractivity contribution is 5.61. The average Bonchev–Trinajstić information content (AvgIpc) is 2.68. The first-order valence-corrected chi connectivity index (χ1v) is 4.93. The van der Waals surface area contributed by atoms with Gasteiger partial charge in [-0.15, -0.1) is 0 Å². The van der Waals surface area contributed by atoms with Crippen LogP contribution in [0.3, 0.4) is 0 Å². The Kier molecular flexibility index (Phi) is 2.56. The topological polar surface area (TPSA) is 42.4 Å². The molecule has 0 saturated heterocycles. The number of nitrogens with zero attached hydrogens (tertiary/aromatic N) is 1. The SMILES string of the molecule is Cc1ccc(N(C)c2ccc(N)c(F)c2)o1. The first-order chi connectivity index (χ1) is 7.58. The number of rotatable bonds is 2. The van der Waals surface area contributed by atoms with E-state index in [1.54, 1.807) is 11.0 Å². The maximum Gasteiger partial charge on any atom is 0.199 e. The zero-order chi connectivity index (χ0) is 11.7. The first kappa shape index (κ1) is 10.5. The van der Waals surface area contributed by atoms with E-state index in [0.29, 0.717) is 11.6 Å². The van der Waals surface area contributed by atoms with Crippen LogP contribution >= 0.6 is 0 Å². The highest BCUT2D eigenvalue weighted by Crippen LogP contribution is 2.27. The number of furan rings is 1. The number of hydrogen-bond donors (Lipinski definition) is 1. The van der Waals surface area contributed by atoms with Gasteiger partial charge < -0.3 is 15.1 Å². The van der Waals surface area contributed by atoms with Gasteiger partial charge in [0.25, 0.3) is 0 Å². The summed E-state index contributed by atoms with van der Waals surface area (Å²) in [5.74, 6) is 1.06. The summed E-state index contributed by atoms with van der Waals surface area (Å²) in [7, 11) is 1.81. The summed E-state index contributed by atoms with van der Waals surface area (Å²) in [5.41, 5.74) is 6.26. The van der Waals surface area contributed by atoms with E-state index in [1.807, 2.05) is 26.1 Å². The van der Waals surface area contributed by atoms with Gasteiger partial charge in [-0.1, -0.05) is 0 Å². The van der Waals surface area contributed by atoms with Gasteiger partial charge in [-0.25, -0.2) is 4.39 Å². The minimum Gasteiger partial charge on any atom is -0.446 e.